The second kappa shape index (κ2) is 6.72. The van der Waals surface area contributed by atoms with Crippen molar-refractivity contribution in [3.8, 4) is 5.75 Å². The van der Waals surface area contributed by atoms with Gasteiger partial charge in [-0.3, -0.25) is 9.69 Å². The average molecular weight is 278 g/mol. The summed E-state index contributed by atoms with van der Waals surface area (Å²) in [6.45, 7) is 6.04. The number of nitrogens with zero attached hydrogens (tertiary/aromatic N) is 1. The van der Waals surface area contributed by atoms with Gasteiger partial charge in [-0.1, -0.05) is 0 Å². The van der Waals surface area contributed by atoms with E-state index in [4.69, 9.17) is 9.47 Å². The third-order valence-corrected chi connectivity index (χ3v) is 3.24. The highest BCUT2D eigenvalue weighted by Gasteiger charge is 2.23. The Balaban J connectivity index is 1.85. The highest BCUT2D eigenvalue weighted by molar-refractivity contribution is 5.92. The lowest BCUT2D eigenvalue weighted by Gasteiger charge is -2.34. The van der Waals surface area contributed by atoms with E-state index < -0.39 is 0 Å². The number of amides is 1. The first-order chi connectivity index (χ1) is 9.56. The predicted molar refractivity (Wildman–Crippen MR) is 78.1 cm³/mol. The van der Waals surface area contributed by atoms with Crippen molar-refractivity contribution < 1.29 is 14.3 Å². The molecule has 20 heavy (non-hydrogen) atoms. The number of carbonyl (C=O) groups excluding carboxylic acids is 1. The first-order valence-electron chi connectivity index (χ1n) is 6.88. The van der Waals surface area contributed by atoms with Crippen LogP contribution in [-0.2, 0) is 9.53 Å². The summed E-state index contributed by atoms with van der Waals surface area (Å²) in [5.41, 5.74) is 0.783. The molecule has 2 atom stereocenters. The Hall–Kier alpha value is -1.59. The third kappa shape index (κ3) is 4.21. The minimum atomic E-state index is -0.00327. The van der Waals surface area contributed by atoms with Gasteiger partial charge < -0.3 is 14.8 Å². The Morgan fingerprint density at radius 3 is 2.45 bits per heavy atom. The molecule has 1 aromatic carbocycles. The maximum atomic E-state index is 12.0. The maximum absolute atomic E-state index is 12.0. The van der Waals surface area contributed by atoms with Crippen molar-refractivity contribution >= 4 is 11.6 Å². The van der Waals surface area contributed by atoms with Crippen molar-refractivity contribution in [1.29, 1.82) is 0 Å². The summed E-state index contributed by atoms with van der Waals surface area (Å²) in [6, 6.07) is 7.32. The van der Waals surface area contributed by atoms with Gasteiger partial charge in [0, 0.05) is 18.8 Å². The van der Waals surface area contributed by atoms with Crippen LogP contribution < -0.4 is 10.1 Å². The molecule has 1 amide bonds. The highest BCUT2D eigenvalue weighted by Crippen LogP contribution is 2.15. The molecule has 1 heterocycles. The molecule has 5 heteroatoms. The number of methoxy groups -OCH3 is 1. The van der Waals surface area contributed by atoms with Crippen LogP contribution in [0.1, 0.15) is 13.8 Å². The van der Waals surface area contributed by atoms with E-state index in [1.54, 1.807) is 7.11 Å². The zero-order valence-corrected chi connectivity index (χ0v) is 12.3. The normalized spacial score (nSPS) is 23.4. The summed E-state index contributed by atoms with van der Waals surface area (Å²) < 4.78 is 10.7. The van der Waals surface area contributed by atoms with Gasteiger partial charge in [0.1, 0.15) is 5.75 Å². The lowest BCUT2D eigenvalue weighted by Crippen LogP contribution is -2.48. The number of carbonyl (C=O) groups is 1. The molecule has 1 aliphatic heterocycles. The number of benzene rings is 1. The molecule has 1 saturated heterocycles. The third-order valence-electron chi connectivity index (χ3n) is 3.24. The van der Waals surface area contributed by atoms with E-state index in [-0.39, 0.29) is 18.1 Å². The summed E-state index contributed by atoms with van der Waals surface area (Å²) in [5, 5.41) is 2.89. The molecule has 1 aliphatic rings. The lowest BCUT2D eigenvalue weighted by atomic mass is 10.2. The fourth-order valence-corrected chi connectivity index (χ4v) is 2.49. The molecule has 1 aromatic rings. The van der Waals surface area contributed by atoms with Crippen LogP contribution in [0.4, 0.5) is 5.69 Å². The van der Waals surface area contributed by atoms with Crippen LogP contribution in [0.3, 0.4) is 0 Å². The van der Waals surface area contributed by atoms with Gasteiger partial charge >= 0.3 is 0 Å². The number of nitrogens with one attached hydrogen (secondary N) is 1. The standard InChI is InChI=1S/C15H22N2O3/c1-11-8-17(9-12(2)20-11)10-15(18)16-13-4-6-14(19-3)7-5-13/h4-7,11-12H,8-10H2,1-3H3,(H,16,18)/t11-,12-/m1/s1. The summed E-state index contributed by atoms with van der Waals surface area (Å²) in [5.74, 6) is 0.773. The largest absolute Gasteiger partial charge is 0.497 e. The van der Waals surface area contributed by atoms with Crippen LogP contribution in [-0.4, -0.2) is 49.8 Å². The zero-order chi connectivity index (χ0) is 14.5. The van der Waals surface area contributed by atoms with Crippen LogP contribution >= 0.6 is 0 Å². The number of hydrogen-bond acceptors (Lipinski definition) is 4. The highest BCUT2D eigenvalue weighted by atomic mass is 16.5. The van der Waals surface area contributed by atoms with Crippen molar-refractivity contribution in [2.45, 2.75) is 26.1 Å². The second-order valence-corrected chi connectivity index (χ2v) is 5.23. The number of anilines is 1. The Kier molecular flexibility index (Phi) is 4.98. The molecule has 0 aromatic heterocycles. The number of hydrogen-bond donors (Lipinski definition) is 1. The fourth-order valence-electron chi connectivity index (χ4n) is 2.49. The smallest absolute Gasteiger partial charge is 0.238 e. The van der Waals surface area contributed by atoms with E-state index in [2.05, 4.69) is 10.2 Å². The molecule has 0 aliphatic carbocycles. The molecule has 0 spiro atoms. The number of rotatable bonds is 4. The SMILES string of the molecule is COc1ccc(NC(=O)CN2C[C@@H](C)O[C@H](C)C2)cc1. The Morgan fingerprint density at radius 1 is 1.30 bits per heavy atom. The van der Waals surface area contributed by atoms with E-state index in [0.717, 1.165) is 24.5 Å². The Labute approximate surface area is 119 Å². The van der Waals surface area contributed by atoms with E-state index in [1.807, 2.05) is 38.1 Å². The van der Waals surface area contributed by atoms with Crippen molar-refractivity contribution in [3.05, 3.63) is 24.3 Å². The van der Waals surface area contributed by atoms with Gasteiger partial charge in [0.15, 0.2) is 0 Å². The molecule has 0 unspecified atom stereocenters. The van der Waals surface area contributed by atoms with E-state index in [1.165, 1.54) is 0 Å². The topological polar surface area (TPSA) is 50.8 Å². The molecular weight excluding hydrogens is 256 g/mol. The molecular formula is C15H22N2O3. The van der Waals surface area contributed by atoms with Crippen LogP contribution in [0, 0.1) is 0 Å². The van der Waals surface area contributed by atoms with Crippen molar-refractivity contribution in [1.82, 2.24) is 4.90 Å². The van der Waals surface area contributed by atoms with E-state index in [0.29, 0.717) is 6.54 Å². The lowest BCUT2D eigenvalue weighted by molar-refractivity contribution is -0.121. The van der Waals surface area contributed by atoms with Crippen molar-refractivity contribution in [2.24, 2.45) is 0 Å². The molecule has 0 bridgehead atoms. The fraction of sp³-hybridized carbons (Fsp3) is 0.533. The van der Waals surface area contributed by atoms with Crippen molar-refractivity contribution in [3.63, 3.8) is 0 Å². The quantitative estimate of drug-likeness (QED) is 0.911. The van der Waals surface area contributed by atoms with E-state index in [9.17, 15) is 4.79 Å². The molecule has 1 N–H and O–H groups in total. The van der Waals surface area contributed by atoms with Crippen LogP contribution in [0.25, 0.3) is 0 Å². The molecule has 0 saturated carbocycles. The first-order valence-corrected chi connectivity index (χ1v) is 6.88. The summed E-state index contributed by atoms with van der Waals surface area (Å²) >= 11 is 0. The Bertz CT molecular complexity index is 437. The maximum Gasteiger partial charge on any atom is 0.238 e. The van der Waals surface area contributed by atoms with Crippen LogP contribution in [0.2, 0.25) is 0 Å². The van der Waals surface area contributed by atoms with Crippen molar-refractivity contribution in [2.75, 3.05) is 32.1 Å². The van der Waals surface area contributed by atoms with Gasteiger partial charge in [-0.25, -0.2) is 0 Å². The first kappa shape index (κ1) is 14.8. The van der Waals surface area contributed by atoms with Gasteiger partial charge in [0.25, 0.3) is 0 Å². The van der Waals surface area contributed by atoms with Gasteiger partial charge in [-0.15, -0.1) is 0 Å². The number of morpholine rings is 1. The predicted octanol–water partition coefficient (Wildman–Crippen LogP) is 1.74. The van der Waals surface area contributed by atoms with Gasteiger partial charge in [0.2, 0.25) is 5.91 Å². The summed E-state index contributed by atoms with van der Waals surface area (Å²) in [7, 11) is 1.62. The molecule has 2 rings (SSSR count). The second-order valence-electron chi connectivity index (χ2n) is 5.23. The van der Waals surface area contributed by atoms with Gasteiger partial charge in [0.05, 0.1) is 25.9 Å². The van der Waals surface area contributed by atoms with Gasteiger partial charge in [-0.2, -0.15) is 0 Å². The van der Waals surface area contributed by atoms with Gasteiger partial charge in [-0.05, 0) is 38.1 Å². The molecule has 5 nitrogen and oxygen atoms in total. The minimum absolute atomic E-state index is 0.00327. The zero-order valence-electron chi connectivity index (χ0n) is 12.3. The van der Waals surface area contributed by atoms with Crippen LogP contribution in [0.5, 0.6) is 5.75 Å². The van der Waals surface area contributed by atoms with E-state index >= 15 is 0 Å². The monoisotopic (exact) mass is 278 g/mol. The average Bonchev–Trinajstić information content (AvgIpc) is 2.38. The summed E-state index contributed by atoms with van der Waals surface area (Å²) in [6.07, 6.45) is 0.347. The molecule has 1 fully saturated rings. The minimum Gasteiger partial charge on any atom is -0.497 e. The molecule has 0 radical (unpaired) electrons. The number of ether oxygens (including phenoxy) is 2. The Morgan fingerprint density at radius 2 is 1.90 bits per heavy atom. The molecule has 110 valence electrons. The van der Waals surface area contributed by atoms with Crippen LogP contribution in [0.15, 0.2) is 24.3 Å². The summed E-state index contributed by atoms with van der Waals surface area (Å²) in [4.78, 5) is 14.1.